The molecular weight excluding hydrogens is 304 g/mol. The molecule has 17 heavy (non-hydrogen) atoms. The summed E-state index contributed by atoms with van der Waals surface area (Å²) in [7, 11) is 0. The lowest BCUT2D eigenvalue weighted by Crippen LogP contribution is -2.00. The zero-order valence-corrected chi connectivity index (χ0v) is 11.6. The van der Waals surface area contributed by atoms with Crippen molar-refractivity contribution in [2.24, 2.45) is 0 Å². The van der Waals surface area contributed by atoms with E-state index in [-0.39, 0.29) is 5.75 Å². The molecule has 1 unspecified atom stereocenters. The normalized spacial score (nSPS) is 13.1. The Morgan fingerprint density at radius 1 is 1.47 bits per heavy atom. The number of halogens is 2. The molecule has 0 aliphatic carbocycles. The molecule has 0 aromatic heterocycles. The van der Waals surface area contributed by atoms with Gasteiger partial charge in [0, 0.05) is 15.8 Å². The van der Waals surface area contributed by atoms with E-state index in [0.29, 0.717) is 27.0 Å². The number of nitrogens with zero attached hydrogens (tertiary/aromatic N) is 1. The maximum atomic E-state index is 10.7. The van der Waals surface area contributed by atoms with Crippen molar-refractivity contribution in [1.29, 1.82) is 5.26 Å². The molecule has 0 bridgehead atoms. The standard InChI is InChI=1S/C9H8Cl2NO3PS/c10-7-1-2-8(9(11)3-7)6(4-12)5-17-16(13,14)15/h1-3,6H,5H2,(H2,13,14,15). The van der Waals surface area contributed by atoms with E-state index in [2.05, 4.69) is 0 Å². The summed E-state index contributed by atoms with van der Waals surface area (Å²) in [6, 6.07) is 6.61. The highest BCUT2D eigenvalue weighted by molar-refractivity contribution is 8.54. The average Bonchev–Trinajstić information content (AvgIpc) is 2.19. The van der Waals surface area contributed by atoms with E-state index in [4.69, 9.17) is 38.3 Å². The van der Waals surface area contributed by atoms with Crippen LogP contribution in [0.5, 0.6) is 0 Å². The highest BCUT2D eigenvalue weighted by atomic mass is 35.5. The van der Waals surface area contributed by atoms with Crippen LogP contribution in [0.2, 0.25) is 10.0 Å². The van der Waals surface area contributed by atoms with Crippen molar-refractivity contribution in [1.82, 2.24) is 0 Å². The Morgan fingerprint density at radius 2 is 2.12 bits per heavy atom. The molecule has 0 aliphatic heterocycles. The SMILES string of the molecule is N#CC(CSP(=O)(O)O)c1ccc(Cl)cc1Cl. The summed E-state index contributed by atoms with van der Waals surface area (Å²) in [5.41, 5.74) is 0.513. The van der Waals surface area contributed by atoms with E-state index in [1.54, 1.807) is 12.1 Å². The third-order valence-corrected chi connectivity index (χ3v) is 4.74. The fourth-order valence-electron chi connectivity index (χ4n) is 1.15. The fraction of sp³-hybridized carbons (Fsp3) is 0.222. The fourth-order valence-corrected chi connectivity index (χ4v) is 3.32. The van der Waals surface area contributed by atoms with Gasteiger partial charge in [-0.3, -0.25) is 0 Å². The van der Waals surface area contributed by atoms with Gasteiger partial charge in [0.15, 0.2) is 0 Å². The Hall–Kier alpha value is -0.210. The molecule has 0 amide bonds. The van der Waals surface area contributed by atoms with Gasteiger partial charge in [-0.15, -0.1) is 0 Å². The second kappa shape index (κ2) is 6.10. The monoisotopic (exact) mass is 311 g/mol. The van der Waals surface area contributed by atoms with Gasteiger partial charge in [0.05, 0.1) is 12.0 Å². The Morgan fingerprint density at radius 3 is 2.59 bits per heavy atom. The van der Waals surface area contributed by atoms with Crippen LogP contribution in [-0.4, -0.2) is 15.5 Å². The lowest BCUT2D eigenvalue weighted by Gasteiger charge is -2.11. The number of nitriles is 1. The Bertz CT molecular complexity index is 500. The number of hydrogen-bond acceptors (Lipinski definition) is 3. The minimum Gasteiger partial charge on any atom is -0.317 e. The molecule has 8 heteroatoms. The average molecular weight is 312 g/mol. The van der Waals surface area contributed by atoms with Crippen molar-refractivity contribution in [2.45, 2.75) is 5.92 Å². The van der Waals surface area contributed by atoms with Crippen molar-refractivity contribution in [3.63, 3.8) is 0 Å². The van der Waals surface area contributed by atoms with E-state index >= 15 is 0 Å². The Kier molecular flexibility index (Phi) is 5.33. The van der Waals surface area contributed by atoms with Crippen LogP contribution in [0, 0.1) is 11.3 Å². The van der Waals surface area contributed by atoms with E-state index in [0.717, 1.165) is 0 Å². The van der Waals surface area contributed by atoms with Gasteiger partial charge in [-0.25, -0.2) is 4.57 Å². The first-order valence-corrected chi connectivity index (χ1v) is 8.34. The van der Waals surface area contributed by atoms with E-state index in [9.17, 15) is 4.57 Å². The molecule has 1 atom stereocenters. The molecule has 92 valence electrons. The van der Waals surface area contributed by atoms with Crippen molar-refractivity contribution in [3.05, 3.63) is 33.8 Å². The second-order valence-corrected chi connectivity index (χ2v) is 7.75. The number of benzene rings is 1. The molecule has 0 radical (unpaired) electrons. The molecule has 0 spiro atoms. The maximum Gasteiger partial charge on any atom is 0.384 e. The van der Waals surface area contributed by atoms with Crippen molar-refractivity contribution < 1.29 is 14.4 Å². The molecule has 0 saturated heterocycles. The summed E-state index contributed by atoms with van der Waals surface area (Å²) in [6.07, 6.45) is 0. The smallest absolute Gasteiger partial charge is 0.317 e. The van der Waals surface area contributed by atoms with Crippen LogP contribution in [0.1, 0.15) is 11.5 Å². The first kappa shape index (κ1) is 14.8. The molecule has 0 heterocycles. The minimum atomic E-state index is -4.18. The number of hydrogen-bond donors (Lipinski definition) is 2. The summed E-state index contributed by atoms with van der Waals surface area (Å²) in [4.78, 5) is 17.5. The topological polar surface area (TPSA) is 81.3 Å². The van der Waals surface area contributed by atoms with Crippen LogP contribution in [0.15, 0.2) is 18.2 Å². The van der Waals surface area contributed by atoms with Crippen molar-refractivity contribution in [2.75, 3.05) is 5.75 Å². The van der Waals surface area contributed by atoms with Crippen molar-refractivity contribution in [3.8, 4) is 6.07 Å². The van der Waals surface area contributed by atoms with Crippen LogP contribution >= 0.6 is 41.4 Å². The van der Waals surface area contributed by atoms with Crippen LogP contribution in [-0.2, 0) is 4.57 Å². The van der Waals surface area contributed by atoms with E-state index in [1.165, 1.54) is 6.07 Å². The molecule has 1 aromatic carbocycles. The lowest BCUT2D eigenvalue weighted by molar-refractivity contribution is 0.397. The molecule has 0 aliphatic rings. The molecule has 0 saturated carbocycles. The van der Waals surface area contributed by atoms with E-state index in [1.807, 2.05) is 6.07 Å². The molecule has 1 aromatic rings. The predicted octanol–water partition coefficient (Wildman–Crippen LogP) is 3.43. The first-order valence-electron chi connectivity index (χ1n) is 4.38. The molecule has 1 rings (SSSR count). The van der Waals surface area contributed by atoms with Gasteiger partial charge in [0.2, 0.25) is 0 Å². The third kappa shape index (κ3) is 4.89. The zero-order valence-electron chi connectivity index (χ0n) is 8.38. The Balaban J connectivity index is 2.88. The van der Waals surface area contributed by atoms with Gasteiger partial charge in [-0.1, -0.05) is 29.3 Å². The molecular formula is C9H8Cl2NO3PS. The first-order chi connectivity index (χ1) is 7.83. The van der Waals surface area contributed by atoms with Gasteiger partial charge in [-0.05, 0) is 29.1 Å². The van der Waals surface area contributed by atoms with Gasteiger partial charge in [0.25, 0.3) is 0 Å². The van der Waals surface area contributed by atoms with Gasteiger partial charge < -0.3 is 9.79 Å². The number of rotatable bonds is 4. The zero-order chi connectivity index (χ0) is 13.1. The van der Waals surface area contributed by atoms with Gasteiger partial charge in [0.1, 0.15) is 0 Å². The summed E-state index contributed by atoms with van der Waals surface area (Å²) >= 11 is 12.1. The summed E-state index contributed by atoms with van der Waals surface area (Å²) in [6.45, 7) is -4.18. The summed E-state index contributed by atoms with van der Waals surface area (Å²) in [5.74, 6) is -0.709. The van der Waals surface area contributed by atoms with Gasteiger partial charge in [-0.2, -0.15) is 5.26 Å². The highest BCUT2D eigenvalue weighted by Crippen LogP contribution is 2.51. The van der Waals surface area contributed by atoms with E-state index < -0.39 is 12.7 Å². The quantitative estimate of drug-likeness (QED) is 0.833. The highest BCUT2D eigenvalue weighted by Gasteiger charge is 2.21. The van der Waals surface area contributed by atoms with Crippen LogP contribution < -0.4 is 0 Å². The molecule has 2 N–H and O–H groups in total. The van der Waals surface area contributed by atoms with Gasteiger partial charge >= 0.3 is 6.80 Å². The van der Waals surface area contributed by atoms with Crippen molar-refractivity contribution >= 4 is 41.4 Å². The molecule has 4 nitrogen and oxygen atoms in total. The lowest BCUT2D eigenvalue weighted by atomic mass is 10.0. The van der Waals surface area contributed by atoms with Crippen LogP contribution in [0.25, 0.3) is 0 Å². The predicted molar refractivity (Wildman–Crippen MR) is 69.3 cm³/mol. The van der Waals surface area contributed by atoms with Crippen LogP contribution in [0.4, 0.5) is 0 Å². The minimum absolute atomic E-state index is 0.0257. The third-order valence-electron chi connectivity index (χ3n) is 1.90. The summed E-state index contributed by atoms with van der Waals surface area (Å²) < 4.78 is 10.7. The largest absolute Gasteiger partial charge is 0.384 e. The summed E-state index contributed by atoms with van der Waals surface area (Å²) in [5, 5.41) is 9.72. The molecule has 0 fully saturated rings. The van der Waals surface area contributed by atoms with Crippen LogP contribution in [0.3, 0.4) is 0 Å². The Labute approximate surface area is 112 Å². The second-order valence-electron chi connectivity index (χ2n) is 3.13. The maximum absolute atomic E-state index is 10.7.